The molecule has 9 heteroatoms. The summed E-state index contributed by atoms with van der Waals surface area (Å²) in [6.45, 7) is -0.771. The number of aliphatic hydroxyl groups is 1. The molecule has 0 fully saturated rings. The molecule has 0 saturated heterocycles. The van der Waals surface area contributed by atoms with E-state index < -0.39 is 54.0 Å². The first-order chi connectivity index (χ1) is 26.3. The number of hydrogen-bond acceptors (Lipinski definition) is 6. The van der Waals surface area contributed by atoms with E-state index in [1.54, 1.807) is 12.2 Å². The van der Waals surface area contributed by atoms with Gasteiger partial charge in [0.25, 0.3) is 0 Å². The average Bonchev–Trinajstić information content (AvgIpc) is 3.53. The summed E-state index contributed by atoms with van der Waals surface area (Å²) < 4.78 is 5.88. The molecule has 0 aromatic heterocycles. The Hall–Kier alpha value is -6.45. The normalized spacial score (nSPS) is 18.1. The van der Waals surface area contributed by atoms with Gasteiger partial charge in [-0.05, 0) is 51.1 Å². The molecule has 272 valence electrons. The van der Waals surface area contributed by atoms with Crippen LogP contribution in [0.1, 0.15) is 40.2 Å². The fourth-order valence-electron chi connectivity index (χ4n) is 8.04. The summed E-state index contributed by atoms with van der Waals surface area (Å²) in [5.74, 6) is -4.61. The Morgan fingerprint density at radius 2 is 1.19 bits per heavy atom. The number of nitrogens with one attached hydrogen (secondary N) is 2. The largest absolute Gasteiger partial charge is 0.481 e. The molecule has 3 unspecified atom stereocenters. The van der Waals surface area contributed by atoms with Gasteiger partial charge in [0.05, 0.1) is 25.0 Å². The van der Waals surface area contributed by atoms with Crippen molar-refractivity contribution in [3.05, 3.63) is 191 Å². The number of carboxylic acids is 2. The predicted molar refractivity (Wildman–Crippen MR) is 204 cm³/mol. The lowest BCUT2D eigenvalue weighted by molar-refractivity contribution is -0.153. The summed E-state index contributed by atoms with van der Waals surface area (Å²) in [5.41, 5.74) is 4.69. The highest BCUT2D eigenvalue weighted by molar-refractivity contribution is 5.80. The molecule has 54 heavy (non-hydrogen) atoms. The van der Waals surface area contributed by atoms with Crippen LogP contribution in [-0.4, -0.2) is 52.6 Å². The Kier molecular flexibility index (Phi) is 10.2. The molecular formula is C45H40N2O7. The zero-order valence-corrected chi connectivity index (χ0v) is 29.3. The van der Waals surface area contributed by atoms with E-state index >= 15 is 0 Å². The lowest BCUT2D eigenvalue weighted by atomic mass is 9.66. The first kappa shape index (κ1) is 35.9. The van der Waals surface area contributed by atoms with Crippen molar-refractivity contribution in [3.8, 4) is 11.1 Å². The standard InChI is InChI=1S/C45H40N2O7/c48-29-44(39(42(51)52)27-41(49)50)25-24-33(47-45(30-14-4-1-5-15-30,31-16-6-2-7-17-31)32-18-8-3-9-19-32)26-40(44)46-43(53)54-28-38-36-22-12-10-20-34(36)35-21-11-13-23-37(35)38/h1-26,38-40,47-48H,27-29H2,(H,46,53)(H,49,50)(H,51,52). The lowest BCUT2D eigenvalue weighted by Gasteiger charge is -2.44. The molecule has 5 aromatic rings. The molecule has 0 radical (unpaired) electrons. The number of fused-ring (bicyclic) bond motifs is 3. The molecule has 9 nitrogen and oxygen atoms in total. The van der Waals surface area contributed by atoms with E-state index in [9.17, 15) is 29.7 Å². The number of carbonyl (C=O) groups excluding carboxylic acids is 1. The molecule has 7 rings (SSSR count). The first-order valence-electron chi connectivity index (χ1n) is 17.8. The van der Waals surface area contributed by atoms with Gasteiger partial charge >= 0.3 is 18.0 Å². The van der Waals surface area contributed by atoms with E-state index in [2.05, 4.69) is 10.6 Å². The summed E-state index contributed by atoms with van der Waals surface area (Å²) in [6.07, 6.45) is 3.15. The van der Waals surface area contributed by atoms with Crippen LogP contribution in [0.4, 0.5) is 4.79 Å². The quantitative estimate of drug-likeness (QED) is 0.0812. The van der Waals surface area contributed by atoms with Crippen LogP contribution in [0.5, 0.6) is 0 Å². The van der Waals surface area contributed by atoms with Crippen LogP contribution in [0.15, 0.2) is 163 Å². The summed E-state index contributed by atoms with van der Waals surface area (Å²) in [7, 11) is 0. The number of rotatable bonds is 13. The number of benzene rings is 5. The number of allylic oxidation sites excluding steroid dienone is 1. The molecule has 2 aliphatic carbocycles. The van der Waals surface area contributed by atoms with Crippen molar-refractivity contribution in [2.24, 2.45) is 11.3 Å². The van der Waals surface area contributed by atoms with Gasteiger partial charge in [0.15, 0.2) is 0 Å². The lowest BCUT2D eigenvalue weighted by Crippen LogP contribution is -2.56. The molecule has 1 amide bonds. The van der Waals surface area contributed by atoms with Gasteiger partial charge < -0.3 is 30.7 Å². The molecule has 2 aliphatic rings. The zero-order chi connectivity index (χ0) is 37.7. The van der Waals surface area contributed by atoms with E-state index in [0.29, 0.717) is 5.70 Å². The summed E-state index contributed by atoms with van der Waals surface area (Å²) in [6, 6.07) is 44.3. The monoisotopic (exact) mass is 720 g/mol. The second kappa shape index (κ2) is 15.3. The maximum absolute atomic E-state index is 13.8. The average molecular weight is 721 g/mol. The highest BCUT2D eigenvalue weighted by Crippen LogP contribution is 2.45. The Morgan fingerprint density at radius 1 is 0.704 bits per heavy atom. The number of carbonyl (C=O) groups is 3. The molecule has 5 N–H and O–H groups in total. The maximum Gasteiger partial charge on any atom is 0.407 e. The van der Waals surface area contributed by atoms with E-state index in [4.69, 9.17) is 4.74 Å². The maximum atomic E-state index is 13.8. The number of alkyl carbamates (subject to hydrolysis) is 1. The summed E-state index contributed by atoms with van der Waals surface area (Å²) in [4.78, 5) is 38.6. The highest BCUT2D eigenvalue weighted by Gasteiger charge is 2.50. The van der Waals surface area contributed by atoms with Gasteiger partial charge in [0.2, 0.25) is 0 Å². The molecule has 5 aromatic carbocycles. The van der Waals surface area contributed by atoms with Crippen LogP contribution in [0.2, 0.25) is 0 Å². The Balaban J connectivity index is 1.27. The minimum Gasteiger partial charge on any atom is -0.481 e. The Morgan fingerprint density at radius 3 is 1.65 bits per heavy atom. The van der Waals surface area contributed by atoms with Crippen LogP contribution in [-0.2, 0) is 19.9 Å². The minimum absolute atomic E-state index is 0.0000165. The third-order valence-electron chi connectivity index (χ3n) is 10.7. The SMILES string of the molecule is O=C(O)CC(C(=O)O)C1(CO)C=CC(NC(c2ccccc2)(c2ccccc2)c2ccccc2)=CC1NC(=O)OCC1c2ccccc2-c2ccccc21. The van der Waals surface area contributed by atoms with E-state index in [1.807, 2.05) is 140 Å². The van der Waals surface area contributed by atoms with Crippen LogP contribution in [0.25, 0.3) is 11.1 Å². The minimum atomic E-state index is -1.74. The van der Waals surface area contributed by atoms with Crippen LogP contribution in [0, 0.1) is 11.3 Å². The number of aliphatic hydroxyl groups excluding tert-OH is 1. The van der Waals surface area contributed by atoms with Crippen molar-refractivity contribution in [1.82, 2.24) is 10.6 Å². The van der Waals surface area contributed by atoms with E-state index in [-0.39, 0.29) is 12.5 Å². The van der Waals surface area contributed by atoms with Gasteiger partial charge in [0, 0.05) is 17.0 Å². The third-order valence-corrected chi connectivity index (χ3v) is 10.7. The van der Waals surface area contributed by atoms with Crippen molar-refractivity contribution in [1.29, 1.82) is 0 Å². The second-order valence-corrected chi connectivity index (χ2v) is 13.6. The Bertz CT molecular complexity index is 2060. The molecular weight excluding hydrogens is 681 g/mol. The van der Waals surface area contributed by atoms with Gasteiger partial charge in [-0.1, -0.05) is 146 Å². The first-order valence-corrected chi connectivity index (χ1v) is 17.8. The van der Waals surface area contributed by atoms with Gasteiger partial charge in [-0.15, -0.1) is 0 Å². The van der Waals surface area contributed by atoms with Crippen molar-refractivity contribution < 1.29 is 34.4 Å². The van der Waals surface area contributed by atoms with Crippen LogP contribution < -0.4 is 10.6 Å². The van der Waals surface area contributed by atoms with Crippen molar-refractivity contribution in [2.45, 2.75) is 23.9 Å². The predicted octanol–water partition coefficient (Wildman–Crippen LogP) is 7.08. The number of hydrogen-bond donors (Lipinski definition) is 5. The number of amides is 1. The van der Waals surface area contributed by atoms with Crippen LogP contribution >= 0.6 is 0 Å². The molecule has 0 bridgehead atoms. The van der Waals surface area contributed by atoms with E-state index in [1.165, 1.54) is 6.08 Å². The van der Waals surface area contributed by atoms with Crippen molar-refractivity contribution >= 4 is 18.0 Å². The number of aliphatic carboxylic acids is 2. The zero-order valence-electron chi connectivity index (χ0n) is 29.3. The van der Waals surface area contributed by atoms with Gasteiger partial charge in [0.1, 0.15) is 12.1 Å². The fraction of sp³-hybridized carbons (Fsp3) is 0.178. The number of carboxylic acid groups (broad SMARTS) is 2. The van der Waals surface area contributed by atoms with Gasteiger partial charge in [-0.3, -0.25) is 9.59 Å². The molecule has 0 heterocycles. The molecule has 0 spiro atoms. The number of ether oxygens (including phenoxy) is 1. The van der Waals surface area contributed by atoms with E-state index in [0.717, 1.165) is 38.9 Å². The highest BCUT2D eigenvalue weighted by atomic mass is 16.5. The summed E-state index contributed by atoms with van der Waals surface area (Å²) in [5, 5.41) is 37.7. The van der Waals surface area contributed by atoms with Gasteiger partial charge in [-0.2, -0.15) is 0 Å². The third kappa shape index (κ3) is 6.66. The smallest absolute Gasteiger partial charge is 0.407 e. The van der Waals surface area contributed by atoms with Crippen LogP contribution in [0.3, 0.4) is 0 Å². The Labute approximate surface area is 313 Å². The molecule has 3 atom stereocenters. The second-order valence-electron chi connectivity index (χ2n) is 13.6. The molecule has 0 aliphatic heterocycles. The topological polar surface area (TPSA) is 145 Å². The van der Waals surface area contributed by atoms with Crippen molar-refractivity contribution in [3.63, 3.8) is 0 Å². The van der Waals surface area contributed by atoms with Gasteiger partial charge in [-0.25, -0.2) is 4.79 Å². The summed E-state index contributed by atoms with van der Waals surface area (Å²) >= 11 is 0. The van der Waals surface area contributed by atoms with Crippen molar-refractivity contribution in [2.75, 3.05) is 13.2 Å². The fourth-order valence-corrected chi connectivity index (χ4v) is 8.04. The molecule has 0 saturated carbocycles.